The molecule has 0 amide bonds. The van der Waals surface area contributed by atoms with Crippen LogP contribution in [0.3, 0.4) is 0 Å². The maximum atomic E-state index is 11.7. The predicted molar refractivity (Wildman–Crippen MR) is 80.1 cm³/mol. The van der Waals surface area contributed by atoms with Gasteiger partial charge in [-0.3, -0.25) is 0 Å². The molecule has 2 rings (SSSR count). The highest BCUT2D eigenvalue weighted by Gasteiger charge is 2.19. The number of phenolic OH excluding ortho intramolecular Hbond substituents is 4. The average Bonchev–Trinajstić information content (AvgIpc) is 2.51. The molecule has 2 aromatic rings. The molecule has 0 unspecified atom stereocenters. The summed E-state index contributed by atoms with van der Waals surface area (Å²) in [5, 5.41) is 38.1. The fourth-order valence-corrected chi connectivity index (χ4v) is 1.89. The summed E-state index contributed by atoms with van der Waals surface area (Å²) in [6.45, 7) is -0.709. The van der Waals surface area contributed by atoms with E-state index < -0.39 is 46.1 Å². The molecule has 0 aromatic heterocycles. The summed E-state index contributed by atoms with van der Waals surface area (Å²) in [5.41, 5.74) is -0.802. The lowest BCUT2D eigenvalue weighted by Gasteiger charge is -2.09. The fraction of sp³-hybridized carbons (Fsp3) is 0.125. The molecular formula is C16H14O8. The van der Waals surface area contributed by atoms with Gasteiger partial charge >= 0.3 is 11.9 Å². The zero-order valence-corrected chi connectivity index (χ0v) is 12.3. The van der Waals surface area contributed by atoms with Gasteiger partial charge in [-0.2, -0.15) is 0 Å². The van der Waals surface area contributed by atoms with E-state index in [0.717, 1.165) is 0 Å². The van der Waals surface area contributed by atoms with E-state index in [-0.39, 0.29) is 13.2 Å². The highest BCUT2D eigenvalue weighted by atomic mass is 16.6. The van der Waals surface area contributed by atoms with Gasteiger partial charge in [0.1, 0.15) is 47.3 Å². The number of esters is 2. The molecule has 0 aliphatic heterocycles. The number of benzene rings is 2. The van der Waals surface area contributed by atoms with Crippen LogP contribution >= 0.6 is 0 Å². The lowest BCUT2D eigenvalue weighted by Crippen LogP contribution is -2.14. The van der Waals surface area contributed by atoms with Crippen LogP contribution in [0.4, 0.5) is 0 Å². The van der Waals surface area contributed by atoms with E-state index in [9.17, 15) is 30.0 Å². The normalized spacial score (nSPS) is 10.2. The summed E-state index contributed by atoms with van der Waals surface area (Å²) >= 11 is 0. The van der Waals surface area contributed by atoms with E-state index in [2.05, 4.69) is 0 Å². The van der Waals surface area contributed by atoms with E-state index in [1.807, 2.05) is 0 Å². The van der Waals surface area contributed by atoms with Crippen LogP contribution in [-0.2, 0) is 9.47 Å². The molecule has 0 spiro atoms. The number of carbonyl (C=O) groups excluding carboxylic acids is 2. The summed E-state index contributed by atoms with van der Waals surface area (Å²) in [6.07, 6.45) is 0. The summed E-state index contributed by atoms with van der Waals surface area (Å²) in [4.78, 5) is 23.5. The standard InChI is InChI=1S/C16H14O8/c17-9-3-1-4-10(18)13(9)15(21)23-7-8-24-16(22)14-11(19)5-2-6-12(14)20/h1-6,17-20H,7-8H2. The van der Waals surface area contributed by atoms with Gasteiger partial charge in [-0.15, -0.1) is 0 Å². The SMILES string of the molecule is O=C(OCCOC(=O)c1c(O)cccc1O)c1c(O)cccc1O. The van der Waals surface area contributed by atoms with E-state index >= 15 is 0 Å². The Labute approximate surface area is 136 Å². The molecule has 0 aliphatic rings. The molecule has 0 atom stereocenters. The van der Waals surface area contributed by atoms with E-state index in [1.165, 1.54) is 36.4 Å². The van der Waals surface area contributed by atoms with Gasteiger partial charge in [-0.1, -0.05) is 12.1 Å². The minimum absolute atomic E-state index is 0.354. The van der Waals surface area contributed by atoms with Crippen molar-refractivity contribution in [3.63, 3.8) is 0 Å². The van der Waals surface area contributed by atoms with E-state index in [1.54, 1.807) is 0 Å². The van der Waals surface area contributed by atoms with Crippen LogP contribution in [-0.4, -0.2) is 45.6 Å². The Hall–Kier alpha value is -3.42. The first-order valence-electron chi connectivity index (χ1n) is 6.78. The summed E-state index contributed by atoms with van der Waals surface area (Å²) in [5.74, 6) is -3.78. The maximum Gasteiger partial charge on any atom is 0.345 e. The molecule has 8 nitrogen and oxygen atoms in total. The minimum atomic E-state index is -0.993. The van der Waals surface area contributed by atoms with Crippen molar-refractivity contribution in [1.82, 2.24) is 0 Å². The first-order valence-corrected chi connectivity index (χ1v) is 6.78. The molecule has 24 heavy (non-hydrogen) atoms. The Balaban J connectivity index is 1.89. The molecule has 0 fully saturated rings. The molecule has 0 saturated carbocycles. The molecule has 2 aromatic carbocycles. The largest absolute Gasteiger partial charge is 0.507 e. The maximum absolute atomic E-state index is 11.7. The average molecular weight is 334 g/mol. The number of phenols is 4. The number of hydrogen-bond donors (Lipinski definition) is 4. The van der Waals surface area contributed by atoms with Crippen LogP contribution < -0.4 is 0 Å². The Morgan fingerprint density at radius 3 is 1.25 bits per heavy atom. The van der Waals surface area contributed by atoms with E-state index in [0.29, 0.717) is 0 Å². The van der Waals surface area contributed by atoms with Gasteiger partial charge in [0.05, 0.1) is 0 Å². The number of rotatable bonds is 5. The third-order valence-corrected chi connectivity index (χ3v) is 3.00. The number of ether oxygens (including phenoxy) is 2. The van der Waals surface area contributed by atoms with Gasteiger partial charge in [0.25, 0.3) is 0 Å². The predicted octanol–water partition coefficient (Wildman–Crippen LogP) is 1.52. The molecule has 0 bridgehead atoms. The highest BCUT2D eigenvalue weighted by molar-refractivity contribution is 5.96. The van der Waals surface area contributed by atoms with Crippen molar-refractivity contribution in [3.8, 4) is 23.0 Å². The molecule has 4 N–H and O–H groups in total. The van der Waals surface area contributed by atoms with Crippen LogP contribution in [0.2, 0.25) is 0 Å². The van der Waals surface area contributed by atoms with Crippen molar-refractivity contribution in [2.24, 2.45) is 0 Å². The Bertz CT molecular complexity index is 663. The number of aromatic hydroxyl groups is 4. The number of hydrogen-bond acceptors (Lipinski definition) is 8. The Kier molecular flexibility index (Phi) is 5.10. The third kappa shape index (κ3) is 3.67. The lowest BCUT2D eigenvalue weighted by molar-refractivity contribution is 0.0258. The summed E-state index contributed by atoms with van der Waals surface area (Å²) < 4.78 is 9.55. The molecule has 0 aliphatic carbocycles. The number of carbonyl (C=O) groups is 2. The molecule has 8 heteroatoms. The zero-order valence-electron chi connectivity index (χ0n) is 12.3. The first kappa shape index (κ1) is 16.9. The van der Waals surface area contributed by atoms with Gasteiger partial charge in [0, 0.05) is 0 Å². The third-order valence-electron chi connectivity index (χ3n) is 3.00. The quantitative estimate of drug-likeness (QED) is 0.478. The molecule has 126 valence electrons. The van der Waals surface area contributed by atoms with Gasteiger partial charge in [0.15, 0.2) is 0 Å². The van der Waals surface area contributed by atoms with Crippen molar-refractivity contribution >= 4 is 11.9 Å². The second-order valence-electron chi connectivity index (χ2n) is 4.61. The van der Waals surface area contributed by atoms with Crippen LogP contribution in [0.1, 0.15) is 20.7 Å². The van der Waals surface area contributed by atoms with Crippen LogP contribution in [0, 0.1) is 0 Å². The van der Waals surface area contributed by atoms with Crippen LogP contribution in [0.5, 0.6) is 23.0 Å². The Morgan fingerprint density at radius 2 is 0.958 bits per heavy atom. The van der Waals surface area contributed by atoms with Crippen LogP contribution in [0.15, 0.2) is 36.4 Å². The van der Waals surface area contributed by atoms with Crippen molar-refractivity contribution in [2.75, 3.05) is 13.2 Å². The topological polar surface area (TPSA) is 134 Å². The molecule has 0 radical (unpaired) electrons. The van der Waals surface area contributed by atoms with Crippen molar-refractivity contribution in [2.45, 2.75) is 0 Å². The highest BCUT2D eigenvalue weighted by Crippen LogP contribution is 2.28. The molecule has 0 saturated heterocycles. The van der Waals surface area contributed by atoms with Gasteiger partial charge < -0.3 is 29.9 Å². The summed E-state index contributed by atoms with van der Waals surface area (Å²) in [7, 11) is 0. The van der Waals surface area contributed by atoms with Crippen molar-refractivity contribution < 1.29 is 39.5 Å². The smallest absolute Gasteiger partial charge is 0.345 e. The van der Waals surface area contributed by atoms with Crippen LogP contribution in [0.25, 0.3) is 0 Å². The minimum Gasteiger partial charge on any atom is -0.507 e. The Morgan fingerprint density at radius 1 is 0.667 bits per heavy atom. The summed E-state index contributed by atoms with van der Waals surface area (Å²) in [6, 6.07) is 7.52. The molecule has 0 heterocycles. The fourth-order valence-electron chi connectivity index (χ4n) is 1.89. The lowest BCUT2D eigenvalue weighted by atomic mass is 10.2. The second-order valence-corrected chi connectivity index (χ2v) is 4.61. The van der Waals surface area contributed by atoms with Gasteiger partial charge in [0.2, 0.25) is 0 Å². The van der Waals surface area contributed by atoms with Gasteiger partial charge in [-0.05, 0) is 24.3 Å². The zero-order chi connectivity index (χ0) is 17.7. The monoisotopic (exact) mass is 334 g/mol. The molecular weight excluding hydrogens is 320 g/mol. The van der Waals surface area contributed by atoms with E-state index in [4.69, 9.17) is 9.47 Å². The first-order chi connectivity index (χ1) is 11.4. The van der Waals surface area contributed by atoms with Crippen molar-refractivity contribution in [3.05, 3.63) is 47.5 Å². The van der Waals surface area contributed by atoms with Crippen molar-refractivity contribution in [1.29, 1.82) is 0 Å². The second kappa shape index (κ2) is 7.23. The van der Waals surface area contributed by atoms with Gasteiger partial charge in [-0.25, -0.2) is 9.59 Å².